The van der Waals surface area contributed by atoms with Gasteiger partial charge in [-0.2, -0.15) is 13.2 Å². The molecule has 2 aliphatic heterocycles. The van der Waals surface area contributed by atoms with Crippen LogP contribution >= 0.6 is 0 Å². The van der Waals surface area contributed by atoms with Crippen LogP contribution in [0.4, 0.5) is 18.9 Å². The number of fused-ring (bicyclic) bond motifs is 2. The fourth-order valence-electron chi connectivity index (χ4n) is 3.43. The molecular weight excluding hydrogens is 393 g/mol. The van der Waals surface area contributed by atoms with Gasteiger partial charge in [0.05, 0.1) is 19.4 Å². The maximum atomic E-state index is 12.9. The van der Waals surface area contributed by atoms with E-state index < -0.39 is 18.8 Å². The Balaban J connectivity index is 1.67. The van der Waals surface area contributed by atoms with Crippen molar-refractivity contribution in [3.63, 3.8) is 0 Å². The van der Waals surface area contributed by atoms with Crippen molar-refractivity contribution in [3.05, 3.63) is 41.9 Å². The number of halogens is 3. The lowest BCUT2D eigenvalue weighted by atomic mass is 10.1. The van der Waals surface area contributed by atoms with Crippen molar-refractivity contribution >= 4 is 11.6 Å². The molecule has 2 aliphatic rings. The zero-order chi connectivity index (χ0) is 20.6. The van der Waals surface area contributed by atoms with E-state index in [0.29, 0.717) is 28.5 Å². The first-order valence-electron chi connectivity index (χ1n) is 9.03. The summed E-state index contributed by atoms with van der Waals surface area (Å²) in [5.74, 6) is 1.26. The van der Waals surface area contributed by atoms with Crippen molar-refractivity contribution in [2.24, 2.45) is 0 Å². The molecule has 0 fully saturated rings. The minimum atomic E-state index is -4.76. The highest BCUT2D eigenvalue weighted by atomic mass is 19.4. The summed E-state index contributed by atoms with van der Waals surface area (Å²) >= 11 is 0. The van der Waals surface area contributed by atoms with Crippen molar-refractivity contribution < 1.29 is 37.0 Å². The number of anilines is 1. The van der Waals surface area contributed by atoms with Crippen molar-refractivity contribution in [1.82, 2.24) is 4.90 Å². The zero-order valence-corrected chi connectivity index (χ0v) is 15.3. The summed E-state index contributed by atoms with van der Waals surface area (Å²) in [6.07, 6.45) is -5.78. The van der Waals surface area contributed by atoms with Gasteiger partial charge in [0.2, 0.25) is 12.7 Å². The second-order valence-corrected chi connectivity index (χ2v) is 6.92. The van der Waals surface area contributed by atoms with Crippen LogP contribution in [-0.2, 0) is 17.9 Å². The number of hydrogen-bond acceptors (Lipinski definition) is 6. The van der Waals surface area contributed by atoms with Crippen molar-refractivity contribution in [3.8, 4) is 11.5 Å². The molecule has 3 heterocycles. The van der Waals surface area contributed by atoms with Gasteiger partial charge in [-0.3, -0.25) is 4.79 Å². The Morgan fingerprint density at radius 3 is 2.62 bits per heavy atom. The largest absolute Gasteiger partial charge is 0.467 e. The fourth-order valence-corrected chi connectivity index (χ4v) is 3.43. The molecule has 0 saturated carbocycles. The number of benzene rings is 1. The van der Waals surface area contributed by atoms with Gasteiger partial charge in [0, 0.05) is 31.3 Å². The third-order valence-electron chi connectivity index (χ3n) is 4.92. The van der Waals surface area contributed by atoms with Gasteiger partial charge in [-0.1, -0.05) is 0 Å². The molecule has 0 saturated heterocycles. The van der Waals surface area contributed by atoms with Crippen molar-refractivity contribution in [1.29, 1.82) is 0 Å². The van der Waals surface area contributed by atoms with Crippen molar-refractivity contribution in [2.45, 2.75) is 31.8 Å². The Bertz CT molecular complexity index is 885. The summed E-state index contributed by atoms with van der Waals surface area (Å²) in [6, 6.07) is 6.73. The number of carbonyl (C=O) groups excluding carboxylic acids is 1. The topological polar surface area (TPSA) is 75.4 Å². The number of furan rings is 1. The lowest BCUT2D eigenvalue weighted by molar-refractivity contribution is -0.200. The number of hydrogen-bond donors (Lipinski definition) is 1. The molecule has 1 unspecified atom stereocenters. The first-order chi connectivity index (χ1) is 13.8. The van der Waals surface area contributed by atoms with Crippen LogP contribution in [0.15, 0.2) is 34.9 Å². The Kier molecular flexibility index (Phi) is 5.03. The molecule has 156 valence electrons. The monoisotopic (exact) mass is 412 g/mol. The Hall–Kier alpha value is -2.88. The van der Waals surface area contributed by atoms with Crippen LogP contribution in [0.2, 0.25) is 0 Å². The molecule has 1 N–H and O–H groups in total. The van der Waals surface area contributed by atoms with E-state index in [1.807, 2.05) is 0 Å². The SMILES string of the molecule is O=C1CCN(CC(O)C(F)(F)F)c2cc3c(cc2CN1Cc1ccco1)OCO3. The van der Waals surface area contributed by atoms with Crippen LogP contribution < -0.4 is 14.4 Å². The second-order valence-electron chi connectivity index (χ2n) is 6.92. The van der Waals surface area contributed by atoms with E-state index in [0.717, 1.165) is 0 Å². The van der Waals surface area contributed by atoms with E-state index in [4.69, 9.17) is 13.9 Å². The number of rotatable bonds is 4. The smallest absolute Gasteiger partial charge is 0.416 e. The van der Waals surface area contributed by atoms with E-state index in [1.54, 1.807) is 29.2 Å². The Labute approximate surface area is 164 Å². The first kappa shape index (κ1) is 19.4. The second kappa shape index (κ2) is 7.51. The highest BCUT2D eigenvalue weighted by Gasteiger charge is 2.40. The van der Waals surface area contributed by atoms with E-state index in [9.17, 15) is 23.1 Å². The van der Waals surface area contributed by atoms with Gasteiger partial charge in [-0.25, -0.2) is 0 Å². The molecule has 1 aromatic carbocycles. The zero-order valence-electron chi connectivity index (χ0n) is 15.3. The van der Waals surface area contributed by atoms with Crippen LogP contribution in [0.5, 0.6) is 11.5 Å². The first-order valence-corrected chi connectivity index (χ1v) is 9.03. The summed E-state index contributed by atoms with van der Waals surface area (Å²) < 4.78 is 54.8. The molecule has 7 nitrogen and oxygen atoms in total. The van der Waals surface area contributed by atoms with Gasteiger partial charge in [0.15, 0.2) is 17.6 Å². The van der Waals surface area contributed by atoms with Gasteiger partial charge in [0.1, 0.15) is 5.76 Å². The molecule has 2 aromatic rings. The molecule has 0 radical (unpaired) electrons. The van der Waals surface area contributed by atoms with Gasteiger partial charge in [-0.05, 0) is 23.8 Å². The summed E-state index contributed by atoms with van der Waals surface area (Å²) in [5, 5.41) is 9.58. The molecule has 0 aliphatic carbocycles. The van der Waals surface area contributed by atoms with E-state index in [2.05, 4.69) is 0 Å². The molecular formula is C19H19F3N2O5. The molecule has 0 bridgehead atoms. The van der Waals surface area contributed by atoms with Crippen molar-refractivity contribution in [2.75, 3.05) is 24.8 Å². The van der Waals surface area contributed by atoms with E-state index in [1.165, 1.54) is 11.2 Å². The number of alkyl halides is 3. The summed E-state index contributed by atoms with van der Waals surface area (Å²) in [5.41, 5.74) is 1.07. The molecule has 10 heteroatoms. The Morgan fingerprint density at radius 1 is 1.17 bits per heavy atom. The van der Waals surface area contributed by atoms with Gasteiger partial charge >= 0.3 is 6.18 Å². The highest BCUT2D eigenvalue weighted by Crippen LogP contribution is 2.40. The molecule has 4 rings (SSSR count). The quantitative estimate of drug-likeness (QED) is 0.832. The Morgan fingerprint density at radius 2 is 1.93 bits per heavy atom. The van der Waals surface area contributed by atoms with Crippen LogP contribution in [0.25, 0.3) is 0 Å². The minimum Gasteiger partial charge on any atom is -0.467 e. The summed E-state index contributed by atoms with van der Waals surface area (Å²) in [6.45, 7) is -0.248. The number of β-amino-alcohol motifs (C(OH)–C–C–N with tert-alkyl or cyclic N) is 1. The third-order valence-corrected chi connectivity index (χ3v) is 4.92. The average molecular weight is 412 g/mol. The third kappa shape index (κ3) is 4.12. The lowest BCUT2D eigenvalue weighted by Crippen LogP contribution is -2.44. The molecule has 0 spiro atoms. The summed E-state index contributed by atoms with van der Waals surface area (Å²) in [7, 11) is 0. The maximum absolute atomic E-state index is 12.9. The number of aliphatic hydroxyl groups is 1. The number of carbonyl (C=O) groups is 1. The minimum absolute atomic E-state index is 0.000826. The van der Waals surface area contributed by atoms with E-state index in [-0.39, 0.29) is 38.8 Å². The maximum Gasteiger partial charge on any atom is 0.416 e. The predicted molar refractivity (Wildman–Crippen MR) is 94.4 cm³/mol. The van der Waals surface area contributed by atoms with Gasteiger partial charge in [0.25, 0.3) is 0 Å². The number of ether oxygens (including phenoxy) is 2. The predicted octanol–water partition coefficient (Wildman–Crippen LogP) is 2.67. The number of amides is 1. The normalized spacial score (nSPS) is 17.7. The van der Waals surface area contributed by atoms with Crippen LogP contribution in [0, 0.1) is 0 Å². The van der Waals surface area contributed by atoms with Crippen LogP contribution in [0.3, 0.4) is 0 Å². The molecule has 1 aromatic heterocycles. The molecule has 1 atom stereocenters. The number of nitrogens with zero attached hydrogens (tertiary/aromatic N) is 2. The highest BCUT2D eigenvalue weighted by molar-refractivity contribution is 5.78. The standard InChI is InChI=1S/C19H19F3N2O5/c20-19(21,22)17(25)10-23-4-3-18(26)24(9-13-2-1-5-27-13)8-12-6-15-16(7-14(12)23)29-11-28-15/h1-2,5-7,17,25H,3-4,8-11H2. The van der Waals surface area contributed by atoms with Crippen LogP contribution in [0.1, 0.15) is 17.7 Å². The number of aliphatic hydroxyl groups excluding tert-OH is 1. The van der Waals surface area contributed by atoms with Crippen LogP contribution in [-0.4, -0.2) is 48.1 Å². The van der Waals surface area contributed by atoms with Gasteiger partial charge < -0.3 is 28.8 Å². The summed E-state index contributed by atoms with van der Waals surface area (Å²) in [4.78, 5) is 15.6. The van der Waals surface area contributed by atoms with E-state index >= 15 is 0 Å². The van der Waals surface area contributed by atoms with Gasteiger partial charge in [-0.15, -0.1) is 0 Å². The fraction of sp³-hybridized carbons (Fsp3) is 0.421. The lowest BCUT2D eigenvalue weighted by Gasteiger charge is -2.34. The molecule has 29 heavy (non-hydrogen) atoms. The average Bonchev–Trinajstić information content (AvgIpc) is 3.33. The molecule has 1 amide bonds.